The number of esters is 2. The summed E-state index contributed by atoms with van der Waals surface area (Å²) in [4.78, 5) is 68.2. The van der Waals surface area contributed by atoms with Crippen LogP contribution in [0.2, 0.25) is 0 Å². The van der Waals surface area contributed by atoms with Crippen LogP contribution in [-0.4, -0.2) is 57.7 Å². The molecule has 0 amide bonds. The number of rotatable bonds is 12. The molecule has 48 heavy (non-hydrogen) atoms. The van der Waals surface area contributed by atoms with E-state index in [1.165, 1.54) is 12.2 Å². The number of aliphatic hydroxyl groups is 1. The molecule has 12 heteroatoms. The molecule has 4 aliphatic rings. The molecule has 1 N–H and O–H groups in total. The molecule has 1 aromatic rings. The van der Waals surface area contributed by atoms with Crippen LogP contribution in [0.4, 0.5) is 4.39 Å². The van der Waals surface area contributed by atoms with E-state index in [2.05, 4.69) is 4.84 Å². The summed E-state index contributed by atoms with van der Waals surface area (Å²) in [5, 5.41) is 21.6. The van der Waals surface area contributed by atoms with Crippen molar-refractivity contribution in [3.8, 4) is 0 Å². The number of aliphatic hydroxyl groups excluding tert-OH is 1. The van der Waals surface area contributed by atoms with Gasteiger partial charge in [-0.25, -0.2) is 4.39 Å². The van der Waals surface area contributed by atoms with E-state index in [0.29, 0.717) is 48.8 Å². The Morgan fingerprint density at radius 3 is 2.52 bits per heavy atom. The summed E-state index contributed by atoms with van der Waals surface area (Å²) in [5.74, 6) is -4.01. The van der Waals surface area contributed by atoms with E-state index >= 15 is 4.39 Å². The van der Waals surface area contributed by atoms with Gasteiger partial charge in [0.05, 0.1) is 12.5 Å². The van der Waals surface area contributed by atoms with Crippen LogP contribution in [0.15, 0.2) is 48.1 Å². The van der Waals surface area contributed by atoms with Crippen LogP contribution in [-0.2, 0) is 46.5 Å². The summed E-state index contributed by atoms with van der Waals surface area (Å²) >= 11 is 0. The van der Waals surface area contributed by atoms with Gasteiger partial charge in [-0.2, -0.15) is 0 Å². The van der Waals surface area contributed by atoms with Crippen molar-refractivity contribution in [2.75, 3.05) is 6.61 Å². The van der Waals surface area contributed by atoms with Gasteiger partial charge in [-0.05, 0) is 68.2 Å². The Kier molecular flexibility index (Phi) is 9.71. The number of hydrogen-bond donors (Lipinski definition) is 1. The highest BCUT2D eigenvalue weighted by atomic mass is 19.1. The summed E-state index contributed by atoms with van der Waals surface area (Å²) in [5.41, 5.74) is -4.91. The van der Waals surface area contributed by atoms with Gasteiger partial charge in [0.1, 0.15) is 6.61 Å². The molecule has 3 saturated carbocycles. The summed E-state index contributed by atoms with van der Waals surface area (Å²) in [6.07, 6.45) is 4.75. The Hall–Kier alpha value is -3.93. The average molecular weight is 670 g/mol. The number of allylic oxidation sites excluding steroid dienone is 4. The van der Waals surface area contributed by atoms with Gasteiger partial charge in [-0.15, -0.1) is 10.1 Å². The maximum absolute atomic E-state index is 17.7. The quantitative estimate of drug-likeness (QED) is 0.179. The largest absolute Gasteiger partial charge is 0.457 e. The molecule has 0 aliphatic heterocycles. The van der Waals surface area contributed by atoms with Crippen LogP contribution < -0.4 is 0 Å². The van der Waals surface area contributed by atoms with Crippen molar-refractivity contribution < 1.29 is 48.1 Å². The van der Waals surface area contributed by atoms with Gasteiger partial charge in [-0.3, -0.25) is 19.2 Å². The van der Waals surface area contributed by atoms with Gasteiger partial charge >= 0.3 is 11.9 Å². The van der Waals surface area contributed by atoms with Crippen molar-refractivity contribution in [3.05, 3.63) is 69.3 Å². The van der Waals surface area contributed by atoms with Crippen molar-refractivity contribution in [1.29, 1.82) is 0 Å². The highest BCUT2D eigenvalue weighted by Gasteiger charge is 2.77. The molecule has 1 unspecified atom stereocenters. The van der Waals surface area contributed by atoms with Crippen LogP contribution >= 0.6 is 0 Å². The van der Waals surface area contributed by atoms with Crippen LogP contribution in [0.5, 0.6) is 0 Å². The van der Waals surface area contributed by atoms with Gasteiger partial charge in [0.2, 0.25) is 5.78 Å². The zero-order chi connectivity index (χ0) is 35.1. The van der Waals surface area contributed by atoms with E-state index in [1.807, 2.05) is 6.92 Å². The number of alkyl halides is 1. The Balaban J connectivity index is 1.44. The van der Waals surface area contributed by atoms with E-state index in [-0.39, 0.29) is 31.7 Å². The Morgan fingerprint density at radius 1 is 1.12 bits per heavy atom. The first-order valence-corrected chi connectivity index (χ1v) is 16.7. The fourth-order valence-electron chi connectivity index (χ4n) is 9.40. The molecule has 4 aliphatic carbocycles. The first-order valence-electron chi connectivity index (χ1n) is 16.7. The van der Waals surface area contributed by atoms with Crippen LogP contribution in [0.3, 0.4) is 0 Å². The van der Waals surface area contributed by atoms with Gasteiger partial charge < -0.3 is 19.4 Å². The first kappa shape index (κ1) is 35.4. The van der Waals surface area contributed by atoms with Crippen LogP contribution in [0.25, 0.3) is 0 Å². The topological polar surface area (TPSA) is 159 Å². The molecule has 0 spiro atoms. The van der Waals surface area contributed by atoms with Crippen molar-refractivity contribution in [2.24, 2.45) is 28.6 Å². The Bertz CT molecular complexity index is 1560. The Morgan fingerprint density at radius 2 is 1.83 bits per heavy atom. The van der Waals surface area contributed by atoms with E-state index in [9.17, 15) is 34.4 Å². The standard InChI is InChI=1S/C36H44FNO10/c1-5-6-11-31(42)48-36(30(41)21-46-32(43)17-23-9-7-8-10-24(23)20-47-38(44)45)22(2)16-28-27-13-12-25-18-26(39)14-15-33(25,3)35(27,37)29(40)19-34(28,36)4/h7-10,14-15,18,22,27-29,40H,5-6,11-13,16-17,19-21H2,1-4H3/t22-,27?,28-,29-,33-,34-,35-,36-/m0/s1. The summed E-state index contributed by atoms with van der Waals surface area (Å²) < 4.78 is 29.4. The molecule has 0 saturated heterocycles. The molecular weight excluding hydrogens is 625 g/mol. The summed E-state index contributed by atoms with van der Waals surface area (Å²) in [6, 6.07) is 6.47. The maximum Gasteiger partial charge on any atom is 0.310 e. The van der Waals surface area contributed by atoms with E-state index in [0.717, 1.165) is 0 Å². The zero-order valence-corrected chi connectivity index (χ0v) is 27.9. The number of unbranched alkanes of at least 4 members (excludes halogenated alkanes) is 1. The summed E-state index contributed by atoms with van der Waals surface area (Å²) in [7, 11) is 0. The molecule has 1 aromatic carbocycles. The third kappa shape index (κ3) is 5.65. The van der Waals surface area contributed by atoms with Gasteiger partial charge in [-0.1, -0.05) is 63.1 Å². The third-order valence-corrected chi connectivity index (χ3v) is 11.7. The lowest BCUT2D eigenvalue weighted by Crippen LogP contribution is -2.70. The van der Waals surface area contributed by atoms with E-state index < -0.39 is 75.4 Å². The lowest BCUT2D eigenvalue weighted by molar-refractivity contribution is -0.763. The molecule has 3 fully saturated rings. The van der Waals surface area contributed by atoms with Gasteiger partial charge in [0, 0.05) is 29.1 Å². The summed E-state index contributed by atoms with van der Waals surface area (Å²) in [6.45, 7) is 6.09. The molecule has 0 aromatic heterocycles. The number of nitrogens with zero attached hydrogens (tertiary/aromatic N) is 1. The second kappa shape index (κ2) is 13.2. The number of carbonyl (C=O) groups excluding carboxylic acids is 4. The fourth-order valence-corrected chi connectivity index (χ4v) is 9.40. The first-order chi connectivity index (χ1) is 22.6. The Labute approximate surface area is 279 Å². The van der Waals surface area contributed by atoms with Crippen LogP contribution in [0.1, 0.15) is 83.8 Å². The molecule has 260 valence electrons. The zero-order valence-electron chi connectivity index (χ0n) is 27.9. The molecule has 0 bridgehead atoms. The third-order valence-electron chi connectivity index (χ3n) is 11.7. The molecule has 11 nitrogen and oxygen atoms in total. The normalized spacial score (nSPS) is 35.0. The molecule has 8 atom stereocenters. The predicted molar refractivity (Wildman–Crippen MR) is 169 cm³/mol. The fraction of sp³-hybridized carbons (Fsp3) is 0.611. The SMILES string of the molecule is CCCCC(=O)O[C@]1(C(=O)COC(=O)Cc2ccccc2CO[N+](=O)[O-])[C@@H](C)C[C@H]2C3CCC4=CC(=O)C=C[C@]4(C)[C@@]3(F)[C@@H](O)C[C@@]21C. The lowest BCUT2D eigenvalue weighted by Gasteiger charge is -2.62. The number of hydrogen-bond acceptors (Lipinski definition) is 10. The minimum absolute atomic E-state index is 0.0614. The molecule has 0 heterocycles. The number of ether oxygens (including phenoxy) is 2. The second-order valence-electron chi connectivity index (χ2n) is 14.2. The highest BCUT2D eigenvalue weighted by molar-refractivity contribution is 6.01. The minimum Gasteiger partial charge on any atom is -0.457 e. The molecule has 5 rings (SSSR count). The van der Waals surface area contributed by atoms with Crippen molar-refractivity contribution in [1.82, 2.24) is 0 Å². The molecule has 0 radical (unpaired) electrons. The van der Waals surface area contributed by atoms with Crippen LogP contribution in [0, 0.1) is 38.7 Å². The lowest BCUT2D eigenvalue weighted by atomic mass is 9.44. The highest BCUT2D eigenvalue weighted by Crippen LogP contribution is 2.71. The number of carbonyl (C=O) groups is 4. The molecular formula is C36H44FNO10. The van der Waals surface area contributed by atoms with Gasteiger partial charge in [0.25, 0.3) is 5.09 Å². The van der Waals surface area contributed by atoms with E-state index in [1.54, 1.807) is 51.1 Å². The van der Waals surface area contributed by atoms with Gasteiger partial charge in [0.15, 0.2) is 23.7 Å². The monoisotopic (exact) mass is 669 g/mol. The van der Waals surface area contributed by atoms with Crippen molar-refractivity contribution in [3.63, 3.8) is 0 Å². The smallest absolute Gasteiger partial charge is 0.310 e. The number of halogens is 1. The number of Topliss-reactive ketones (excluding diaryl/α,β-unsaturated/α-hetero) is 1. The van der Waals surface area contributed by atoms with Crippen molar-refractivity contribution in [2.45, 2.75) is 103 Å². The van der Waals surface area contributed by atoms with Crippen molar-refractivity contribution >= 4 is 23.5 Å². The number of benzene rings is 1. The number of ketones is 2. The second-order valence-corrected chi connectivity index (χ2v) is 14.2. The number of fused-ring (bicyclic) bond motifs is 5. The predicted octanol–water partition coefficient (Wildman–Crippen LogP) is 5.14. The maximum atomic E-state index is 17.7. The van der Waals surface area contributed by atoms with E-state index in [4.69, 9.17) is 9.47 Å². The average Bonchev–Trinajstić information content (AvgIpc) is 3.25. The minimum atomic E-state index is -2.14.